The van der Waals surface area contributed by atoms with Crippen LogP contribution >= 0.6 is 0 Å². The molecule has 0 saturated heterocycles. The van der Waals surface area contributed by atoms with Crippen LogP contribution < -0.4 is 11.2 Å². The molecule has 2 rings (SSSR count). The van der Waals surface area contributed by atoms with Crippen LogP contribution in [-0.2, 0) is 4.84 Å². The van der Waals surface area contributed by atoms with E-state index in [-0.39, 0.29) is 5.54 Å². The first kappa shape index (κ1) is 12.3. The first-order chi connectivity index (χ1) is 7.77. The van der Waals surface area contributed by atoms with Crippen molar-refractivity contribution in [3.63, 3.8) is 0 Å². The van der Waals surface area contributed by atoms with Gasteiger partial charge >= 0.3 is 0 Å². The summed E-state index contributed by atoms with van der Waals surface area (Å²) in [6.07, 6.45) is 9.24. The highest BCUT2D eigenvalue weighted by atomic mass is 16.6. The number of rotatable bonds is 7. The summed E-state index contributed by atoms with van der Waals surface area (Å²) in [5.41, 5.74) is 9.81. The Balaban J connectivity index is 1.81. The smallest absolute Gasteiger partial charge is 0.0653 e. The second-order valence-corrected chi connectivity index (χ2v) is 5.45. The summed E-state index contributed by atoms with van der Waals surface area (Å²) in [4.78, 5) is 5.19. The molecule has 94 valence electrons. The fourth-order valence-electron chi connectivity index (χ4n) is 3.07. The molecular weight excluding hydrogens is 200 g/mol. The van der Waals surface area contributed by atoms with Crippen LogP contribution in [0.2, 0.25) is 0 Å². The molecule has 3 N–H and O–H groups in total. The van der Waals surface area contributed by atoms with Crippen molar-refractivity contribution >= 4 is 0 Å². The van der Waals surface area contributed by atoms with Gasteiger partial charge in [0, 0.05) is 12.1 Å². The second-order valence-electron chi connectivity index (χ2n) is 5.45. The summed E-state index contributed by atoms with van der Waals surface area (Å²) in [5, 5.41) is 0. The summed E-state index contributed by atoms with van der Waals surface area (Å²) < 4.78 is 0. The van der Waals surface area contributed by atoms with E-state index in [1.165, 1.54) is 38.5 Å². The number of hydroxylamine groups is 1. The Morgan fingerprint density at radius 1 is 1.19 bits per heavy atom. The summed E-state index contributed by atoms with van der Waals surface area (Å²) in [6.45, 7) is 3.63. The zero-order valence-corrected chi connectivity index (χ0v) is 10.5. The van der Waals surface area contributed by atoms with Crippen molar-refractivity contribution in [1.29, 1.82) is 0 Å². The molecule has 0 atom stereocenters. The SMILES string of the molecule is CCONCCC(N)(C1CCC1)C1CCC1. The van der Waals surface area contributed by atoms with E-state index < -0.39 is 0 Å². The monoisotopic (exact) mass is 226 g/mol. The van der Waals surface area contributed by atoms with Crippen LogP contribution in [0.5, 0.6) is 0 Å². The number of hydrogen-bond acceptors (Lipinski definition) is 3. The molecule has 3 nitrogen and oxygen atoms in total. The van der Waals surface area contributed by atoms with E-state index in [1.54, 1.807) is 0 Å². The highest BCUT2D eigenvalue weighted by Crippen LogP contribution is 2.47. The van der Waals surface area contributed by atoms with Crippen molar-refractivity contribution in [2.45, 2.75) is 57.4 Å². The van der Waals surface area contributed by atoms with Gasteiger partial charge in [0.05, 0.1) is 6.61 Å². The molecule has 0 aromatic rings. The molecule has 0 heterocycles. The predicted molar refractivity (Wildman–Crippen MR) is 65.8 cm³/mol. The van der Waals surface area contributed by atoms with Gasteiger partial charge in [-0.25, -0.2) is 5.48 Å². The van der Waals surface area contributed by atoms with Gasteiger partial charge in [-0.15, -0.1) is 0 Å². The fraction of sp³-hybridized carbons (Fsp3) is 1.00. The summed E-state index contributed by atoms with van der Waals surface area (Å²) in [5.74, 6) is 1.56. The zero-order chi connectivity index (χ0) is 11.4. The number of hydrogen-bond donors (Lipinski definition) is 2. The van der Waals surface area contributed by atoms with Crippen LogP contribution in [0.3, 0.4) is 0 Å². The molecule has 3 heteroatoms. The third-order valence-corrected chi connectivity index (χ3v) is 4.64. The van der Waals surface area contributed by atoms with Crippen molar-refractivity contribution in [3.05, 3.63) is 0 Å². The normalized spacial score (nSPS) is 22.9. The Morgan fingerprint density at radius 2 is 1.75 bits per heavy atom. The minimum atomic E-state index is 0.0978. The van der Waals surface area contributed by atoms with E-state index in [4.69, 9.17) is 10.6 Å². The van der Waals surface area contributed by atoms with Crippen molar-refractivity contribution in [3.8, 4) is 0 Å². The van der Waals surface area contributed by atoms with E-state index in [0.29, 0.717) is 0 Å². The second kappa shape index (κ2) is 5.48. The Kier molecular flexibility index (Phi) is 4.22. The van der Waals surface area contributed by atoms with Crippen LogP contribution in [0.1, 0.15) is 51.9 Å². The Bertz CT molecular complexity index is 198. The Hall–Kier alpha value is -0.120. The molecule has 0 aromatic heterocycles. The Labute approximate surface area is 99.1 Å². The molecule has 2 aliphatic carbocycles. The summed E-state index contributed by atoms with van der Waals surface area (Å²) in [6, 6.07) is 0. The molecule has 0 bridgehead atoms. The summed E-state index contributed by atoms with van der Waals surface area (Å²) >= 11 is 0. The number of nitrogens with one attached hydrogen (secondary N) is 1. The van der Waals surface area contributed by atoms with Crippen molar-refractivity contribution in [2.75, 3.05) is 13.2 Å². The van der Waals surface area contributed by atoms with Crippen molar-refractivity contribution in [1.82, 2.24) is 5.48 Å². The van der Waals surface area contributed by atoms with Crippen LogP contribution in [-0.4, -0.2) is 18.7 Å². The first-order valence-electron chi connectivity index (χ1n) is 6.91. The maximum absolute atomic E-state index is 6.70. The standard InChI is InChI=1S/C13H26N2O/c1-2-16-15-10-9-13(14,11-5-3-6-11)12-7-4-8-12/h11-12,15H,2-10,14H2,1H3. The zero-order valence-electron chi connectivity index (χ0n) is 10.5. The van der Waals surface area contributed by atoms with E-state index in [0.717, 1.165) is 31.4 Å². The van der Waals surface area contributed by atoms with Crippen LogP contribution in [0.4, 0.5) is 0 Å². The van der Waals surface area contributed by atoms with Gasteiger partial charge in [-0.05, 0) is 50.9 Å². The van der Waals surface area contributed by atoms with Gasteiger partial charge in [0.25, 0.3) is 0 Å². The van der Waals surface area contributed by atoms with Gasteiger partial charge in [-0.3, -0.25) is 0 Å². The Morgan fingerprint density at radius 3 is 2.12 bits per heavy atom. The first-order valence-corrected chi connectivity index (χ1v) is 6.91. The molecule has 0 aliphatic heterocycles. The third kappa shape index (κ3) is 2.41. The third-order valence-electron chi connectivity index (χ3n) is 4.64. The maximum atomic E-state index is 6.70. The van der Waals surface area contributed by atoms with E-state index >= 15 is 0 Å². The molecule has 2 aliphatic rings. The lowest BCUT2D eigenvalue weighted by molar-refractivity contribution is 0.0164. The minimum absolute atomic E-state index is 0.0978. The molecule has 2 saturated carbocycles. The fourth-order valence-corrected chi connectivity index (χ4v) is 3.07. The van der Waals surface area contributed by atoms with Gasteiger partial charge in [-0.1, -0.05) is 12.8 Å². The van der Waals surface area contributed by atoms with Crippen molar-refractivity contribution in [2.24, 2.45) is 17.6 Å². The average molecular weight is 226 g/mol. The van der Waals surface area contributed by atoms with Gasteiger partial charge in [0.15, 0.2) is 0 Å². The quantitative estimate of drug-likeness (QED) is 0.517. The predicted octanol–water partition coefficient (Wildman–Crippen LogP) is 2.22. The lowest BCUT2D eigenvalue weighted by Gasteiger charge is -2.51. The lowest BCUT2D eigenvalue weighted by Crippen LogP contribution is -2.58. The lowest BCUT2D eigenvalue weighted by atomic mass is 9.58. The highest BCUT2D eigenvalue weighted by molar-refractivity contribution is 5.02. The molecule has 0 radical (unpaired) electrons. The molecule has 0 amide bonds. The number of nitrogens with two attached hydrogens (primary N) is 1. The average Bonchev–Trinajstić information content (AvgIpc) is 2.06. The van der Waals surface area contributed by atoms with E-state index in [1.807, 2.05) is 6.92 Å². The van der Waals surface area contributed by atoms with E-state index in [9.17, 15) is 0 Å². The molecule has 0 aromatic carbocycles. The molecule has 0 spiro atoms. The van der Waals surface area contributed by atoms with Gasteiger partial charge in [0.1, 0.15) is 0 Å². The molecule has 2 fully saturated rings. The molecule has 0 unspecified atom stereocenters. The van der Waals surface area contributed by atoms with Crippen molar-refractivity contribution < 1.29 is 4.84 Å². The minimum Gasteiger partial charge on any atom is -0.325 e. The van der Waals surface area contributed by atoms with Gasteiger partial charge in [0.2, 0.25) is 0 Å². The van der Waals surface area contributed by atoms with Gasteiger partial charge in [-0.2, -0.15) is 0 Å². The molecule has 16 heavy (non-hydrogen) atoms. The summed E-state index contributed by atoms with van der Waals surface area (Å²) in [7, 11) is 0. The van der Waals surface area contributed by atoms with Gasteiger partial charge < -0.3 is 10.6 Å². The van der Waals surface area contributed by atoms with E-state index in [2.05, 4.69) is 5.48 Å². The van der Waals surface area contributed by atoms with Crippen LogP contribution in [0.25, 0.3) is 0 Å². The van der Waals surface area contributed by atoms with Crippen LogP contribution in [0, 0.1) is 11.8 Å². The maximum Gasteiger partial charge on any atom is 0.0653 e. The topological polar surface area (TPSA) is 47.3 Å². The van der Waals surface area contributed by atoms with Crippen LogP contribution in [0.15, 0.2) is 0 Å². The molecular formula is C13H26N2O. The largest absolute Gasteiger partial charge is 0.325 e. The highest BCUT2D eigenvalue weighted by Gasteiger charge is 2.45.